The lowest BCUT2D eigenvalue weighted by Crippen LogP contribution is -2.35. The molecule has 0 spiro atoms. The van der Waals surface area contributed by atoms with Gasteiger partial charge in [-0.2, -0.15) is 0 Å². The molecule has 0 heterocycles. The number of anilines is 1. The first-order chi connectivity index (χ1) is 10.1. The van der Waals surface area contributed by atoms with Crippen LogP contribution >= 0.6 is 11.6 Å². The number of hydrogen-bond donors (Lipinski definition) is 2. The molecule has 0 fully saturated rings. The van der Waals surface area contributed by atoms with Crippen LogP contribution in [0.2, 0.25) is 5.02 Å². The number of nitrogens with one attached hydrogen (secondary N) is 2. The van der Waals surface area contributed by atoms with Gasteiger partial charge in [0.25, 0.3) is 0 Å². The molecule has 0 saturated heterocycles. The zero-order chi connectivity index (χ0) is 15.7. The van der Waals surface area contributed by atoms with Gasteiger partial charge in [-0.1, -0.05) is 11.6 Å². The molecule has 0 amide bonds. The third-order valence-electron chi connectivity index (χ3n) is 2.67. The maximum absolute atomic E-state index is 11.9. The van der Waals surface area contributed by atoms with E-state index in [2.05, 4.69) is 20.6 Å². The third-order valence-corrected chi connectivity index (χ3v) is 2.92. The number of carbonyl (C=O) groups excluding carboxylic acids is 2. The summed E-state index contributed by atoms with van der Waals surface area (Å²) in [5, 5.41) is 0.629. The van der Waals surface area contributed by atoms with Crippen molar-refractivity contribution in [2.75, 3.05) is 19.6 Å². The number of ketones is 1. The van der Waals surface area contributed by atoms with Crippen molar-refractivity contribution < 1.29 is 14.3 Å². The molecule has 0 unspecified atom stereocenters. The monoisotopic (exact) mass is 311 g/mol. The smallest absolute Gasteiger partial charge is 0.305 e. The normalized spacial score (nSPS) is 10.9. The second-order valence-corrected chi connectivity index (χ2v) is 4.62. The topological polar surface area (TPSA) is 79.8 Å². The first-order valence-electron chi connectivity index (χ1n) is 6.41. The summed E-state index contributed by atoms with van der Waals surface area (Å²) in [5.74, 6) is -0.303. The van der Waals surface area contributed by atoms with Gasteiger partial charge in [0.05, 0.1) is 12.8 Å². The van der Waals surface area contributed by atoms with Crippen LogP contribution in [0.25, 0.3) is 0 Å². The second-order valence-electron chi connectivity index (χ2n) is 4.18. The fourth-order valence-corrected chi connectivity index (χ4v) is 1.65. The molecule has 0 radical (unpaired) electrons. The average Bonchev–Trinajstić information content (AvgIpc) is 2.49. The van der Waals surface area contributed by atoms with Crippen LogP contribution < -0.4 is 10.9 Å². The minimum Gasteiger partial charge on any atom is -0.469 e. The Morgan fingerprint density at radius 2 is 1.90 bits per heavy atom. The van der Waals surface area contributed by atoms with Crippen molar-refractivity contribution >= 4 is 34.9 Å². The highest BCUT2D eigenvalue weighted by Gasteiger charge is 2.11. The lowest BCUT2D eigenvalue weighted by atomic mass is 10.1. The number of ether oxygens (including phenoxy) is 1. The number of hydrazine groups is 1. The Balaban J connectivity index is 2.42. The largest absolute Gasteiger partial charge is 0.469 e. The number of benzene rings is 1. The summed E-state index contributed by atoms with van der Waals surface area (Å²) in [6, 6.07) is 6.99. The lowest BCUT2D eigenvalue weighted by Gasteiger charge is -2.11. The highest BCUT2D eigenvalue weighted by Crippen LogP contribution is 2.12. The molecule has 1 rings (SSSR count). The number of rotatable bonds is 7. The lowest BCUT2D eigenvalue weighted by molar-refractivity contribution is -0.140. The summed E-state index contributed by atoms with van der Waals surface area (Å²) in [5.41, 5.74) is 6.36. The van der Waals surface area contributed by atoms with Gasteiger partial charge in [-0.25, -0.2) is 0 Å². The Bertz CT molecular complexity index is 515. The predicted molar refractivity (Wildman–Crippen MR) is 82.4 cm³/mol. The maximum Gasteiger partial charge on any atom is 0.305 e. The molecule has 0 saturated carbocycles. The van der Waals surface area contributed by atoms with Crippen molar-refractivity contribution in [1.82, 2.24) is 5.43 Å². The summed E-state index contributed by atoms with van der Waals surface area (Å²) < 4.78 is 4.51. The van der Waals surface area contributed by atoms with Crippen molar-refractivity contribution in [2.24, 2.45) is 4.99 Å². The third kappa shape index (κ3) is 6.27. The number of nitrogens with zero attached hydrogens (tertiary/aromatic N) is 1. The Labute approximate surface area is 128 Å². The van der Waals surface area contributed by atoms with Gasteiger partial charge in [-0.15, -0.1) is 0 Å². The molecule has 0 bridgehead atoms. The molecule has 0 aliphatic rings. The van der Waals surface area contributed by atoms with Gasteiger partial charge in [0.1, 0.15) is 0 Å². The molecule has 0 aromatic heterocycles. The van der Waals surface area contributed by atoms with Gasteiger partial charge < -0.3 is 4.74 Å². The van der Waals surface area contributed by atoms with Gasteiger partial charge in [0.2, 0.25) is 0 Å². The van der Waals surface area contributed by atoms with Gasteiger partial charge in [-0.3, -0.25) is 25.4 Å². The van der Waals surface area contributed by atoms with E-state index in [0.717, 1.165) is 5.69 Å². The van der Waals surface area contributed by atoms with Gasteiger partial charge in [-0.05, 0) is 30.7 Å². The molecule has 21 heavy (non-hydrogen) atoms. The fourth-order valence-electron chi connectivity index (χ4n) is 1.53. The van der Waals surface area contributed by atoms with Crippen molar-refractivity contribution in [3.8, 4) is 0 Å². The van der Waals surface area contributed by atoms with E-state index >= 15 is 0 Å². The number of halogens is 1. The molecule has 2 N–H and O–H groups in total. The summed E-state index contributed by atoms with van der Waals surface area (Å²) in [6.07, 6.45) is 0.855. The quantitative estimate of drug-likeness (QED) is 0.349. The van der Waals surface area contributed by atoms with Crippen molar-refractivity contribution in [2.45, 2.75) is 19.3 Å². The van der Waals surface area contributed by atoms with Crippen LogP contribution in [0.3, 0.4) is 0 Å². The molecule has 0 atom stereocenters. The van der Waals surface area contributed by atoms with E-state index in [-0.39, 0.29) is 30.4 Å². The fraction of sp³-hybridized carbons (Fsp3) is 0.357. The Hall–Kier alpha value is -2.08. The highest BCUT2D eigenvalue weighted by atomic mass is 35.5. The van der Waals surface area contributed by atoms with Crippen molar-refractivity contribution in [1.29, 1.82) is 0 Å². The Morgan fingerprint density at radius 3 is 2.48 bits per heavy atom. The van der Waals surface area contributed by atoms with E-state index in [1.165, 1.54) is 14.2 Å². The summed E-state index contributed by atoms with van der Waals surface area (Å²) in [4.78, 5) is 26.8. The summed E-state index contributed by atoms with van der Waals surface area (Å²) in [7, 11) is 2.84. The summed E-state index contributed by atoms with van der Waals surface area (Å²) >= 11 is 5.78. The zero-order valence-corrected chi connectivity index (χ0v) is 12.7. The van der Waals surface area contributed by atoms with E-state index < -0.39 is 0 Å². The van der Waals surface area contributed by atoms with Crippen LogP contribution in [-0.4, -0.2) is 31.7 Å². The molecule has 6 nitrogen and oxygen atoms in total. The highest BCUT2D eigenvalue weighted by molar-refractivity contribution is 6.39. The van der Waals surface area contributed by atoms with Crippen LogP contribution in [0.15, 0.2) is 29.3 Å². The van der Waals surface area contributed by atoms with Crippen LogP contribution in [0, 0.1) is 0 Å². The first-order valence-corrected chi connectivity index (χ1v) is 6.79. The Morgan fingerprint density at radius 1 is 1.24 bits per heavy atom. The average molecular weight is 312 g/mol. The van der Waals surface area contributed by atoms with Crippen LogP contribution in [0.5, 0.6) is 0 Å². The first kappa shape index (κ1) is 17.0. The standard InChI is InChI=1S/C14H18ClN3O3/c1-16-14(12(19)4-3-5-13(20)21-2)18-17-11-8-6-10(15)7-9-11/h6-9,17H,3-5H2,1-2H3,(H,16,18). The number of hydrogen-bond acceptors (Lipinski definition) is 5. The number of amidine groups is 1. The van der Waals surface area contributed by atoms with E-state index in [4.69, 9.17) is 11.6 Å². The number of esters is 1. The Kier molecular flexibility index (Phi) is 7.25. The van der Waals surface area contributed by atoms with E-state index in [1.807, 2.05) is 0 Å². The molecule has 7 heteroatoms. The van der Waals surface area contributed by atoms with Gasteiger partial charge in [0.15, 0.2) is 11.6 Å². The predicted octanol–water partition coefficient (Wildman–Crippen LogP) is 2.20. The van der Waals surface area contributed by atoms with Crippen molar-refractivity contribution in [3.05, 3.63) is 29.3 Å². The maximum atomic E-state index is 11.9. The van der Waals surface area contributed by atoms with Crippen LogP contribution in [-0.2, 0) is 14.3 Å². The number of Topliss-reactive ketones (excluding diaryl/α,β-unsaturated/α-hetero) is 1. The number of methoxy groups -OCH3 is 1. The number of aliphatic imine (C=N–C) groups is 1. The van der Waals surface area contributed by atoms with E-state index in [9.17, 15) is 9.59 Å². The molecular formula is C14H18ClN3O3. The van der Waals surface area contributed by atoms with Crippen LogP contribution in [0.4, 0.5) is 5.69 Å². The van der Waals surface area contributed by atoms with E-state index in [0.29, 0.717) is 11.4 Å². The van der Waals surface area contributed by atoms with Gasteiger partial charge in [0, 0.05) is 24.9 Å². The minimum absolute atomic E-state index is 0.178. The SMILES string of the molecule is CN=C(NNc1ccc(Cl)cc1)C(=O)CCCC(=O)OC. The summed E-state index contributed by atoms with van der Waals surface area (Å²) in [6.45, 7) is 0. The minimum atomic E-state index is -0.329. The van der Waals surface area contributed by atoms with Gasteiger partial charge >= 0.3 is 5.97 Å². The second kappa shape index (κ2) is 8.97. The zero-order valence-electron chi connectivity index (χ0n) is 12.0. The molecule has 0 aliphatic heterocycles. The number of carbonyl (C=O) groups is 2. The molecule has 1 aromatic carbocycles. The van der Waals surface area contributed by atoms with Crippen molar-refractivity contribution in [3.63, 3.8) is 0 Å². The molecule has 114 valence electrons. The van der Waals surface area contributed by atoms with E-state index in [1.54, 1.807) is 24.3 Å². The van der Waals surface area contributed by atoms with Crippen LogP contribution in [0.1, 0.15) is 19.3 Å². The molecule has 0 aliphatic carbocycles. The molecule has 1 aromatic rings. The molecular weight excluding hydrogens is 294 g/mol.